The van der Waals surface area contributed by atoms with Gasteiger partial charge in [0.25, 0.3) is 0 Å². The first-order valence-corrected chi connectivity index (χ1v) is 6.60. The number of benzene rings is 1. The fourth-order valence-electron chi connectivity index (χ4n) is 1.78. The van der Waals surface area contributed by atoms with Crippen molar-refractivity contribution in [3.05, 3.63) is 12.1 Å². The van der Waals surface area contributed by atoms with Crippen molar-refractivity contribution >= 4 is 5.78 Å². The molecule has 0 bridgehead atoms. The summed E-state index contributed by atoms with van der Waals surface area (Å²) >= 11 is 0. The summed E-state index contributed by atoms with van der Waals surface area (Å²) in [4.78, 5) is 11.2. The maximum Gasteiger partial charge on any atom is 0.203 e. The second kappa shape index (κ2) is 8.30. The van der Waals surface area contributed by atoms with Gasteiger partial charge in [-0.3, -0.25) is 4.79 Å². The Morgan fingerprint density at radius 2 is 1.65 bits per heavy atom. The zero-order chi connectivity index (χ0) is 15.0. The molecule has 0 spiro atoms. The number of carbonyl (C=O) groups is 1. The van der Waals surface area contributed by atoms with Crippen molar-refractivity contribution in [2.24, 2.45) is 0 Å². The largest absolute Gasteiger partial charge is 0.493 e. The molecule has 0 unspecified atom stereocenters. The summed E-state index contributed by atoms with van der Waals surface area (Å²) in [6.07, 6.45) is 1.81. The van der Waals surface area contributed by atoms with Crippen molar-refractivity contribution < 1.29 is 23.7 Å². The molecule has 1 aromatic carbocycles. The van der Waals surface area contributed by atoms with E-state index in [9.17, 15) is 4.79 Å². The van der Waals surface area contributed by atoms with Crippen LogP contribution < -0.4 is 18.9 Å². The molecule has 0 heterocycles. The third-order valence-corrected chi connectivity index (χ3v) is 2.90. The van der Waals surface area contributed by atoms with Crippen molar-refractivity contribution in [3.8, 4) is 23.0 Å². The van der Waals surface area contributed by atoms with Crippen LogP contribution in [0, 0.1) is 0 Å². The molecule has 0 fully saturated rings. The van der Waals surface area contributed by atoms with Crippen molar-refractivity contribution in [2.45, 2.75) is 26.2 Å². The molecule has 0 saturated carbocycles. The first-order chi connectivity index (χ1) is 9.65. The Labute approximate surface area is 119 Å². The first kappa shape index (κ1) is 16.1. The molecule has 20 heavy (non-hydrogen) atoms. The minimum absolute atomic E-state index is 0.249. The summed E-state index contributed by atoms with van der Waals surface area (Å²) in [5.41, 5.74) is 0. The molecular formula is C15H22O5. The third kappa shape index (κ3) is 4.33. The zero-order valence-electron chi connectivity index (χ0n) is 12.5. The van der Waals surface area contributed by atoms with Gasteiger partial charge in [-0.05, 0) is 6.42 Å². The zero-order valence-corrected chi connectivity index (χ0v) is 12.5. The van der Waals surface area contributed by atoms with Gasteiger partial charge >= 0.3 is 0 Å². The fourth-order valence-corrected chi connectivity index (χ4v) is 1.78. The highest BCUT2D eigenvalue weighted by atomic mass is 16.5. The molecule has 0 aliphatic rings. The Morgan fingerprint density at radius 3 is 2.10 bits per heavy atom. The van der Waals surface area contributed by atoms with Gasteiger partial charge in [0, 0.05) is 25.0 Å². The number of ketones is 1. The normalized spacial score (nSPS) is 10.0. The lowest BCUT2D eigenvalue weighted by Gasteiger charge is -2.14. The molecule has 5 heteroatoms. The fraction of sp³-hybridized carbons (Fsp3) is 0.533. The van der Waals surface area contributed by atoms with Gasteiger partial charge in [-0.1, -0.05) is 6.92 Å². The maximum absolute atomic E-state index is 11.2. The van der Waals surface area contributed by atoms with Crippen LogP contribution in [0.3, 0.4) is 0 Å². The van der Waals surface area contributed by atoms with Gasteiger partial charge in [-0.2, -0.15) is 0 Å². The molecule has 0 N–H and O–H groups in total. The van der Waals surface area contributed by atoms with Crippen LogP contribution in [0.1, 0.15) is 26.2 Å². The predicted octanol–water partition coefficient (Wildman–Crippen LogP) is 2.85. The Bertz CT molecular complexity index is 417. The van der Waals surface area contributed by atoms with Crippen LogP contribution in [0.4, 0.5) is 0 Å². The van der Waals surface area contributed by atoms with Crippen LogP contribution in [0.25, 0.3) is 0 Å². The molecule has 1 rings (SSSR count). The minimum atomic E-state index is 0.249. The van der Waals surface area contributed by atoms with E-state index in [1.165, 1.54) is 0 Å². The third-order valence-electron chi connectivity index (χ3n) is 2.90. The van der Waals surface area contributed by atoms with Gasteiger partial charge in [0.2, 0.25) is 5.75 Å². The van der Waals surface area contributed by atoms with E-state index in [2.05, 4.69) is 0 Å². The number of carbonyl (C=O) groups excluding carboxylic acids is 1. The number of hydrogen-bond acceptors (Lipinski definition) is 5. The molecular weight excluding hydrogens is 260 g/mol. The average molecular weight is 282 g/mol. The second-order valence-corrected chi connectivity index (χ2v) is 4.21. The van der Waals surface area contributed by atoms with Gasteiger partial charge in [0.1, 0.15) is 11.5 Å². The Kier molecular flexibility index (Phi) is 6.70. The molecule has 1 aromatic rings. The van der Waals surface area contributed by atoms with E-state index in [0.717, 1.165) is 0 Å². The number of hydrogen-bond donors (Lipinski definition) is 0. The van der Waals surface area contributed by atoms with Gasteiger partial charge in [0.15, 0.2) is 11.5 Å². The quantitative estimate of drug-likeness (QED) is 0.652. The van der Waals surface area contributed by atoms with E-state index < -0.39 is 0 Å². The number of Topliss-reactive ketones (excluding diaryl/α,β-unsaturated/α-hetero) is 1. The van der Waals surface area contributed by atoms with Crippen LogP contribution >= 0.6 is 0 Å². The van der Waals surface area contributed by atoms with E-state index in [-0.39, 0.29) is 5.78 Å². The lowest BCUT2D eigenvalue weighted by Crippen LogP contribution is -2.03. The second-order valence-electron chi connectivity index (χ2n) is 4.21. The van der Waals surface area contributed by atoms with E-state index in [1.54, 1.807) is 33.5 Å². The highest BCUT2D eigenvalue weighted by molar-refractivity contribution is 5.77. The van der Waals surface area contributed by atoms with E-state index in [1.807, 2.05) is 6.92 Å². The maximum atomic E-state index is 11.2. The van der Waals surface area contributed by atoms with Crippen molar-refractivity contribution in [1.82, 2.24) is 0 Å². The SMILES string of the molecule is CCC(=O)CCCOc1cc(OC)c(OC)c(OC)c1. The van der Waals surface area contributed by atoms with E-state index in [0.29, 0.717) is 48.9 Å². The van der Waals surface area contributed by atoms with Crippen molar-refractivity contribution in [3.63, 3.8) is 0 Å². The minimum Gasteiger partial charge on any atom is -0.493 e. The van der Waals surface area contributed by atoms with Crippen LogP contribution in [-0.2, 0) is 4.79 Å². The summed E-state index contributed by atoms with van der Waals surface area (Å²) in [7, 11) is 4.67. The summed E-state index contributed by atoms with van der Waals surface area (Å²) < 4.78 is 21.3. The van der Waals surface area contributed by atoms with E-state index in [4.69, 9.17) is 18.9 Å². The molecule has 0 aliphatic heterocycles. The standard InChI is InChI=1S/C15H22O5/c1-5-11(16)7-6-8-20-12-9-13(17-2)15(19-4)14(10-12)18-3/h9-10H,5-8H2,1-4H3. The smallest absolute Gasteiger partial charge is 0.203 e. The molecule has 0 amide bonds. The lowest BCUT2D eigenvalue weighted by atomic mass is 10.2. The van der Waals surface area contributed by atoms with Gasteiger partial charge in [0.05, 0.1) is 27.9 Å². The number of methoxy groups -OCH3 is 3. The number of rotatable bonds is 9. The van der Waals surface area contributed by atoms with Crippen LogP contribution in [-0.4, -0.2) is 33.7 Å². The van der Waals surface area contributed by atoms with Gasteiger partial charge < -0.3 is 18.9 Å². The first-order valence-electron chi connectivity index (χ1n) is 6.60. The molecule has 0 aromatic heterocycles. The van der Waals surface area contributed by atoms with Crippen molar-refractivity contribution in [2.75, 3.05) is 27.9 Å². The monoisotopic (exact) mass is 282 g/mol. The van der Waals surface area contributed by atoms with Crippen LogP contribution in [0.15, 0.2) is 12.1 Å². The molecule has 0 atom stereocenters. The predicted molar refractivity (Wildman–Crippen MR) is 76.1 cm³/mol. The summed E-state index contributed by atoms with van der Waals surface area (Å²) in [6.45, 7) is 2.34. The Hall–Kier alpha value is -1.91. The van der Waals surface area contributed by atoms with Gasteiger partial charge in [-0.15, -0.1) is 0 Å². The molecule has 5 nitrogen and oxygen atoms in total. The average Bonchev–Trinajstić information content (AvgIpc) is 2.49. The molecule has 112 valence electrons. The summed E-state index contributed by atoms with van der Waals surface area (Å²) in [5, 5.41) is 0. The van der Waals surface area contributed by atoms with Crippen LogP contribution in [0.2, 0.25) is 0 Å². The molecule has 0 radical (unpaired) electrons. The van der Waals surface area contributed by atoms with Crippen molar-refractivity contribution in [1.29, 1.82) is 0 Å². The Morgan fingerprint density at radius 1 is 1.05 bits per heavy atom. The van der Waals surface area contributed by atoms with E-state index >= 15 is 0 Å². The molecule has 0 saturated heterocycles. The highest BCUT2D eigenvalue weighted by Gasteiger charge is 2.13. The van der Waals surface area contributed by atoms with Crippen LogP contribution in [0.5, 0.6) is 23.0 Å². The van der Waals surface area contributed by atoms with Gasteiger partial charge in [-0.25, -0.2) is 0 Å². The summed E-state index contributed by atoms with van der Waals surface area (Å²) in [5.74, 6) is 2.50. The Balaban J connectivity index is 2.68. The lowest BCUT2D eigenvalue weighted by molar-refractivity contribution is -0.118. The highest BCUT2D eigenvalue weighted by Crippen LogP contribution is 2.40. The number of ether oxygens (including phenoxy) is 4. The molecule has 0 aliphatic carbocycles. The topological polar surface area (TPSA) is 54.0 Å². The summed E-state index contributed by atoms with van der Waals surface area (Å²) in [6, 6.07) is 3.48.